The van der Waals surface area contributed by atoms with Crippen molar-refractivity contribution in [2.24, 2.45) is 0 Å². The van der Waals surface area contributed by atoms with Gasteiger partial charge >= 0.3 is 0 Å². The zero-order chi connectivity index (χ0) is 17.5. The third-order valence-electron chi connectivity index (χ3n) is 4.81. The number of methoxy groups -OCH3 is 1. The van der Waals surface area contributed by atoms with Gasteiger partial charge in [-0.05, 0) is 48.7 Å². The molecule has 0 spiro atoms. The van der Waals surface area contributed by atoms with Gasteiger partial charge in [0.1, 0.15) is 5.75 Å². The van der Waals surface area contributed by atoms with Crippen LogP contribution in [-0.4, -0.2) is 28.1 Å². The van der Waals surface area contributed by atoms with Crippen LogP contribution in [0, 0.1) is 0 Å². The third-order valence-corrected chi connectivity index (χ3v) is 9.35. The largest absolute Gasteiger partial charge is 0.497 e. The van der Waals surface area contributed by atoms with Crippen molar-refractivity contribution >= 4 is 8.32 Å². The number of benzene rings is 1. The molecule has 0 aliphatic carbocycles. The molecule has 0 amide bonds. The minimum atomic E-state index is -1.65. The maximum absolute atomic E-state index is 6.25. The zero-order valence-electron chi connectivity index (χ0n) is 15.9. The van der Waals surface area contributed by atoms with Crippen molar-refractivity contribution in [2.45, 2.75) is 71.4 Å². The van der Waals surface area contributed by atoms with E-state index in [1.54, 1.807) is 7.11 Å². The summed E-state index contributed by atoms with van der Waals surface area (Å²) in [6.45, 7) is 15.0. The predicted octanol–water partition coefficient (Wildman–Crippen LogP) is 5.40. The van der Waals surface area contributed by atoms with Gasteiger partial charge in [-0.25, -0.2) is 0 Å². The molecule has 3 nitrogen and oxygen atoms in total. The van der Waals surface area contributed by atoms with Crippen LogP contribution in [0.25, 0.3) is 0 Å². The lowest BCUT2D eigenvalue weighted by atomic mass is 10.2. The molecule has 1 rings (SSSR count). The molecule has 1 aromatic carbocycles. The minimum Gasteiger partial charge on any atom is -0.497 e. The van der Waals surface area contributed by atoms with Gasteiger partial charge in [0, 0.05) is 6.61 Å². The van der Waals surface area contributed by atoms with E-state index in [4.69, 9.17) is 13.9 Å². The van der Waals surface area contributed by atoms with Crippen molar-refractivity contribution < 1.29 is 13.9 Å². The van der Waals surface area contributed by atoms with Crippen molar-refractivity contribution in [2.75, 3.05) is 13.7 Å². The van der Waals surface area contributed by atoms with Gasteiger partial charge in [0.2, 0.25) is 0 Å². The van der Waals surface area contributed by atoms with Crippen LogP contribution in [0.5, 0.6) is 5.75 Å². The van der Waals surface area contributed by atoms with Crippen molar-refractivity contribution in [1.82, 2.24) is 0 Å². The summed E-state index contributed by atoms with van der Waals surface area (Å²) >= 11 is 0. The number of hydrogen-bond acceptors (Lipinski definition) is 3. The van der Waals surface area contributed by atoms with Crippen molar-refractivity contribution in [3.8, 4) is 5.75 Å². The first kappa shape index (κ1) is 20.2. The molecule has 0 saturated heterocycles. The van der Waals surface area contributed by atoms with Crippen molar-refractivity contribution in [1.29, 1.82) is 0 Å². The molecule has 0 bridgehead atoms. The van der Waals surface area contributed by atoms with Crippen LogP contribution in [0.2, 0.25) is 18.1 Å². The second-order valence-electron chi connectivity index (χ2n) is 7.59. The van der Waals surface area contributed by atoms with E-state index in [9.17, 15) is 0 Å². The molecule has 0 aromatic heterocycles. The van der Waals surface area contributed by atoms with Crippen LogP contribution >= 0.6 is 0 Å². The summed E-state index contributed by atoms with van der Waals surface area (Å²) in [5.41, 5.74) is 1.18. The summed E-state index contributed by atoms with van der Waals surface area (Å²) < 4.78 is 17.5. The molecule has 4 heteroatoms. The molecule has 0 aliphatic heterocycles. The second-order valence-corrected chi connectivity index (χ2v) is 12.4. The molecule has 0 aliphatic rings. The highest BCUT2D eigenvalue weighted by molar-refractivity contribution is 6.74. The van der Waals surface area contributed by atoms with Gasteiger partial charge in [-0.2, -0.15) is 0 Å². The summed E-state index contributed by atoms with van der Waals surface area (Å²) in [7, 11) is 0.0302. The van der Waals surface area contributed by atoms with E-state index in [0.717, 1.165) is 25.2 Å². The first-order valence-corrected chi connectivity index (χ1v) is 11.5. The van der Waals surface area contributed by atoms with Crippen LogP contribution in [-0.2, 0) is 15.8 Å². The Balaban J connectivity index is 2.39. The molecular formula is C19H34O3Si. The molecule has 0 heterocycles. The number of ether oxygens (including phenoxy) is 2. The maximum atomic E-state index is 6.25. The Morgan fingerprint density at radius 2 is 1.70 bits per heavy atom. The molecular weight excluding hydrogens is 304 g/mol. The summed E-state index contributed by atoms with van der Waals surface area (Å²) in [5, 5.41) is 0.263. The Bertz CT molecular complexity index is 449. The van der Waals surface area contributed by atoms with Gasteiger partial charge in [0.15, 0.2) is 8.32 Å². The zero-order valence-corrected chi connectivity index (χ0v) is 16.9. The predicted molar refractivity (Wildman–Crippen MR) is 99.6 cm³/mol. The van der Waals surface area contributed by atoms with E-state index in [0.29, 0.717) is 6.61 Å². The SMILES string of the molecule is CC[C@@H](CCO[Si](C)(C)C(C)(C)C)OCc1ccc(OC)cc1. The summed E-state index contributed by atoms with van der Waals surface area (Å²) in [6, 6.07) is 8.05. The molecule has 0 fully saturated rings. The molecule has 0 N–H and O–H groups in total. The molecule has 23 heavy (non-hydrogen) atoms. The average Bonchev–Trinajstić information content (AvgIpc) is 2.50. The Morgan fingerprint density at radius 3 is 2.17 bits per heavy atom. The highest BCUT2D eigenvalue weighted by atomic mass is 28.4. The molecule has 1 aromatic rings. The summed E-state index contributed by atoms with van der Waals surface area (Å²) in [6.07, 6.45) is 2.22. The third kappa shape index (κ3) is 6.65. The van der Waals surface area contributed by atoms with Crippen LogP contribution in [0.15, 0.2) is 24.3 Å². The standard InChI is InChI=1S/C19H34O3Si/c1-8-17(13-14-22-23(6,7)19(2,3)4)21-15-16-9-11-18(20-5)12-10-16/h9-12,17H,8,13-15H2,1-7H3/t17-/m0/s1. The fourth-order valence-electron chi connectivity index (χ4n) is 2.00. The highest BCUT2D eigenvalue weighted by Crippen LogP contribution is 2.36. The molecule has 0 radical (unpaired) electrons. The average molecular weight is 339 g/mol. The van der Waals surface area contributed by atoms with Crippen LogP contribution in [0.3, 0.4) is 0 Å². The minimum absolute atomic E-state index is 0.252. The van der Waals surface area contributed by atoms with Crippen molar-refractivity contribution in [3.63, 3.8) is 0 Å². The van der Waals surface area contributed by atoms with E-state index in [1.807, 2.05) is 12.1 Å². The monoisotopic (exact) mass is 338 g/mol. The van der Waals surface area contributed by atoms with E-state index in [2.05, 4.69) is 52.9 Å². The Labute approximate surface area is 143 Å². The van der Waals surface area contributed by atoms with Crippen LogP contribution < -0.4 is 4.74 Å². The van der Waals surface area contributed by atoms with Gasteiger partial charge in [-0.1, -0.05) is 39.8 Å². The quantitative estimate of drug-likeness (QED) is 0.564. The lowest BCUT2D eigenvalue weighted by molar-refractivity contribution is 0.0230. The van der Waals surface area contributed by atoms with Crippen molar-refractivity contribution in [3.05, 3.63) is 29.8 Å². The first-order valence-electron chi connectivity index (χ1n) is 8.58. The molecule has 0 saturated carbocycles. The normalized spacial score (nSPS) is 13.9. The summed E-state index contributed by atoms with van der Waals surface area (Å²) in [4.78, 5) is 0. The molecule has 132 valence electrons. The van der Waals surface area contributed by atoms with E-state index in [-0.39, 0.29) is 11.1 Å². The van der Waals surface area contributed by atoms with Gasteiger partial charge in [-0.15, -0.1) is 0 Å². The molecule has 1 atom stereocenters. The topological polar surface area (TPSA) is 27.7 Å². The van der Waals surface area contributed by atoms with Gasteiger partial charge in [-0.3, -0.25) is 0 Å². The lowest BCUT2D eigenvalue weighted by Crippen LogP contribution is -2.41. The Morgan fingerprint density at radius 1 is 1.09 bits per heavy atom. The van der Waals surface area contributed by atoms with Gasteiger partial charge < -0.3 is 13.9 Å². The first-order chi connectivity index (χ1) is 10.7. The Kier molecular flexibility index (Phi) is 7.78. The van der Waals surface area contributed by atoms with E-state index < -0.39 is 8.32 Å². The second kappa shape index (κ2) is 8.86. The Hall–Kier alpha value is -0.843. The summed E-state index contributed by atoms with van der Waals surface area (Å²) in [5.74, 6) is 0.878. The van der Waals surface area contributed by atoms with E-state index >= 15 is 0 Å². The highest BCUT2D eigenvalue weighted by Gasteiger charge is 2.36. The van der Waals surface area contributed by atoms with Crippen LogP contribution in [0.4, 0.5) is 0 Å². The fraction of sp³-hybridized carbons (Fsp3) is 0.684. The smallest absolute Gasteiger partial charge is 0.191 e. The van der Waals surface area contributed by atoms with Gasteiger partial charge in [0.25, 0.3) is 0 Å². The fourth-order valence-corrected chi connectivity index (χ4v) is 3.06. The molecule has 0 unspecified atom stereocenters. The lowest BCUT2D eigenvalue weighted by Gasteiger charge is -2.36. The van der Waals surface area contributed by atoms with Crippen LogP contribution in [0.1, 0.15) is 46.1 Å². The number of rotatable bonds is 9. The van der Waals surface area contributed by atoms with E-state index in [1.165, 1.54) is 5.56 Å². The maximum Gasteiger partial charge on any atom is 0.191 e. The number of hydrogen-bond donors (Lipinski definition) is 0. The van der Waals surface area contributed by atoms with Gasteiger partial charge in [0.05, 0.1) is 19.8 Å².